The van der Waals surface area contributed by atoms with E-state index in [0.717, 1.165) is 24.6 Å². The van der Waals surface area contributed by atoms with Crippen molar-refractivity contribution in [3.8, 4) is 0 Å². The zero-order valence-electron chi connectivity index (χ0n) is 10.1. The highest BCUT2D eigenvalue weighted by Gasteiger charge is 2.14. The molecule has 3 heteroatoms. The molecule has 2 nitrogen and oxygen atoms in total. The molecule has 0 aliphatic carbocycles. The summed E-state index contributed by atoms with van der Waals surface area (Å²) in [5, 5.41) is 7.23. The molecule has 0 saturated carbocycles. The van der Waals surface area contributed by atoms with Gasteiger partial charge in [0, 0.05) is 13.1 Å². The quantitative estimate of drug-likeness (QED) is 0.691. The number of hydrogen-bond acceptors (Lipinski definition) is 1. The van der Waals surface area contributed by atoms with Crippen LogP contribution in [0.1, 0.15) is 41.0 Å². The van der Waals surface area contributed by atoms with Crippen molar-refractivity contribution in [1.29, 1.82) is 0 Å². The molecular weight excluding hydrogens is 192 g/mol. The van der Waals surface area contributed by atoms with Crippen molar-refractivity contribution in [2.24, 2.45) is 11.3 Å². The minimum Gasteiger partial charge on any atom is -0.362 e. The second-order valence-electron chi connectivity index (χ2n) is 4.98. The molecule has 0 amide bonds. The van der Waals surface area contributed by atoms with Crippen molar-refractivity contribution in [2.45, 2.75) is 41.0 Å². The largest absolute Gasteiger partial charge is 0.362 e. The van der Waals surface area contributed by atoms with Gasteiger partial charge in [-0.25, -0.2) is 0 Å². The second-order valence-corrected chi connectivity index (χ2v) is 5.38. The van der Waals surface area contributed by atoms with Crippen molar-refractivity contribution in [1.82, 2.24) is 10.6 Å². The summed E-state index contributed by atoms with van der Waals surface area (Å²) < 4.78 is 0. The van der Waals surface area contributed by atoms with Crippen LogP contribution in [0.2, 0.25) is 0 Å². The maximum atomic E-state index is 5.17. The van der Waals surface area contributed by atoms with Gasteiger partial charge in [-0.05, 0) is 30.0 Å². The van der Waals surface area contributed by atoms with Crippen LogP contribution in [0.5, 0.6) is 0 Å². The molecular formula is C11H24N2S. The Kier molecular flexibility index (Phi) is 6.09. The van der Waals surface area contributed by atoms with Gasteiger partial charge in [-0.15, -0.1) is 0 Å². The van der Waals surface area contributed by atoms with Crippen molar-refractivity contribution in [3.05, 3.63) is 0 Å². The zero-order valence-corrected chi connectivity index (χ0v) is 10.9. The summed E-state index contributed by atoms with van der Waals surface area (Å²) in [5.74, 6) is 0.633. The van der Waals surface area contributed by atoms with E-state index in [9.17, 15) is 0 Å². The maximum Gasteiger partial charge on any atom is 0.166 e. The fourth-order valence-electron chi connectivity index (χ4n) is 0.804. The molecule has 0 aromatic rings. The van der Waals surface area contributed by atoms with Gasteiger partial charge in [0.2, 0.25) is 0 Å². The standard InChI is InChI=1S/C11H24N2S/c1-6-11(4,5)8-13-10(14)12-7-9(2)3/h9H,6-8H2,1-5H3,(H2,12,13,14). The summed E-state index contributed by atoms with van der Waals surface area (Å²) >= 11 is 5.17. The van der Waals surface area contributed by atoms with Gasteiger partial charge in [-0.3, -0.25) is 0 Å². The van der Waals surface area contributed by atoms with E-state index in [1.807, 2.05) is 0 Å². The molecule has 2 N–H and O–H groups in total. The van der Waals surface area contributed by atoms with Crippen LogP contribution in [-0.4, -0.2) is 18.2 Å². The first-order valence-corrected chi connectivity index (χ1v) is 5.80. The predicted molar refractivity (Wildman–Crippen MR) is 67.5 cm³/mol. The van der Waals surface area contributed by atoms with Crippen molar-refractivity contribution >= 4 is 17.3 Å². The molecule has 0 spiro atoms. The molecule has 0 aliphatic heterocycles. The van der Waals surface area contributed by atoms with Gasteiger partial charge in [-0.1, -0.05) is 34.6 Å². The summed E-state index contributed by atoms with van der Waals surface area (Å²) in [6.07, 6.45) is 1.16. The van der Waals surface area contributed by atoms with Gasteiger partial charge < -0.3 is 10.6 Å². The van der Waals surface area contributed by atoms with Crippen LogP contribution in [0.15, 0.2) is 0 Å². The van der Waals surface area contributed by atoms with Crippen LogP contribution in [0.3, 0.4) is 0 Å². The van der Waals surface area contributed by atoms with E-state index in [1.54, 1.807) is 0 Å². The summed E-state index contributed by atoms with van der Waals surface area (Å²) in [5.41, 5.74) is 0.323. The van der Waals surface area contributed by atoms with Crippen LogP contribution in [-0.2, 0) is 0 Å². The van der Waals surface area contributed by atoms with Crippen LogP contribution < -0.4 is 10.6 Å². The van der Waals surface area contributed by atoms with Crippen LogP contribution in [0.4, 0.5) is 0 Å². The Morgan fingerprint density at radius 1 is 1.29 bits per heavy atom. The maximum absolute atomic E-state index is 5.17. The average molecular weight is 216 g/mol. The topological polar surface area (TPSA) is 24.1 Å². The summed E-state index contributed by atoms with van der Waals surface area (Å²) in [6.45, 7) is 12.9. The van der Waals surface area contributed by atoms with Crippen molar-refractivity contribution in [2.75, 3.05) is 13.1 Å². The highest BCUT2D eigenvalue weighted by atomic mass is 32.1. The number of rotatable bonds is 5. The smallest absolute Gasteiger partial charge is 0.166 e. The third-order valence-corrected chi connectivity index (χ3v) is 2.64. The van der Waals surface area contributed by atoms with E-state index in [4.69, 9.17) is 12.2 Å². The Hall–Kier alpha value is -0.310. The van der Waals surface area contributed by atoms with E-state index in [1.165, 1.54) is 0 Å². The molecule has 84 valence electrons. The molecule has 0 saturated heterocycles. The predicted octanol–water partition coefficient (Wildman–Crippen LogP) is 2.54. The normalized spacial score (nSPS) is 11.6. The lowest BCUT2D eigenvalue weighted by molar-refractivity contribution is 0.349. The Morgan fingerprint density at radius 3 is 2.29 bits per heavy atom. The molecule has 0 unspecified atom stereocenters. The molecule has 0 aromatic heterocycles. The second kappa shape index (κ2) is 6.23. The molecule has 0 fully saturated rings. The number of hydrogen-bond donors (Lipinski definition) is 2. The Bertz CT molecular complexity index is 176. The highest BCUT2D eigenvalue weighted by Crippen LogP contribution is 2.17. The summed E-state index contributed by atoms with van der Waals surface area (Å²) in [6, 6.07) is 0. The van der Waals surface area contributed by atoms with Crippen LogP contribution in [0.25, 0.3) is 0 Å². The molecule has 0 atom stereocenters. The van der Waals surface area contributed by atoms with E-state index >= 15 is 0 Å². The lowest BCUT2D eigenvalue weighted by atomic mass is 9.90. The molecule has 0 bridgehead atoms. The van der Waals surface area contributed by atoms with Crippen molar-refractivity contribution in [3.63, 3.8) is 0 Å². The molecule has 0 aliphatic rings. The zero-order chi connectivity index (χ0) is 11.2. The minimum atomic E-state index is 0.323. The fraction of sp³-hybridized carbons (Fsp3) is 0.909. The van der Waals surface area contributed by atoms with Gasteiger partial charge in [0.25, 0.3) is 0 Å². The van der Waals surface area contributed by atoms with E-state index in [2.05, 4.69) is 45.3 Å². The first-order chi connectivity index (χ1) is 6.37. The van der Waals surface area contributed by atoms with Gasteiger partial charge in [-0.2, -0.15) is 0 Å². The summed E-state index contributed by atoms with van der Waals surface area (Å²) in [4.78, 5) is 0. The Morgan fingerprint density at radius 2 is 1.86 bits per heavy atom. The molecule has 0 rings (SSSR count). The Balaban J connectivity index is 3.64. The third-order valence-electron chi connectivity index (χ3n) is 2.36. The molecule has 0 radical (unpaired) electrons. The lowest BCUT2D eigenvalue weighted by Gasteiger charge is -2.24. The van der Waals surface area contributed by atoms with E-state index in [-0.39, 0.29) is 0 Å². The van der Waals surface area contributed by atoms with Crippen molar-refractivity contribution < 1.29 is 0 Å². The van der Waals surface area contributed by atoms with Gasteiger partial charge in [0.15, 0.2) is 5.11 Å². The molecule has 0 heterocycles. The SMILES string of the molecule is CCC(C)(C)CNC(=S)NCC(C)C. The lowest BCUT2D eigenvalue weighted by Crippen LogP contribution is -2.41. The minimum absolute atomic E-state index is 0.323. The van der Waals surface area contributed by atoms with Crippen LogP contribution >= 0.6 is 12.2 Å². The first kappa shape index (κ1) is 13.7. The Labute approximate surface area is 93.8 Å². The fourth-order valence-corrected chi connectivity index (χ4v) is 0.959. The van der Waals surface area contributed by atoms with Gasteiger partial charge >= 0.3 is 0 Å². The van der Waals surface area contributed by atoms with E-state index in [0.29, 0.717) is 11.3 Å². The van der Waals surface area contributed by atoms with Crippen LogP contribution in [0, 0.1) is 11.3 Å². The first-order valence-electron chi connectivity index (χ1n) is 5.39. The monoisotopic (exact) mass is 216 g/mol. The van der Waals surface area contributed by atoms with Gasteiger partial charge in [0.05, 0.1) is 0 Å². The number of thiocarbonyl (C=S) groups is 1. The molecule has 0 aromatic carbocycles. The number of nitrogens with one attached hydrogen (secondary N) is 2. The average Bonchev–Trinajstić information content (AvgIpc) is 2.11. The van der Waals surface area contributed by atoms with E-state index < -0.39 is 0 Å². The van der Waals surface area contributed by atoms with Gasteiger partial charge in [0.1, 0.15) is 0 Å². The molecule has 14 heavy (non-hydrogen) atoms. The third kappa shape index (κ3) is 7.13. The summed E-state index contributed by atoms with van der Waals surface area (Å²) in [7, 11) is 0. The highest BCUT2D eigenvalue weighted by molar-refractivity contribution is 7.80.